The molecule has 0 unspecified atom stereocenters. The molecule has 20 heavy (non-hydrogen) atoms. The third-order valence-corrected chi connectivity index (χ3v) is 2.99. The molecule has 0 radical (unpaired) electrons. The molecule has 0 spiro atoms. The van der Waals surface area contributed by atoms with Gasteiger partial charge in [-0.05, 0) is 37.3 Å². The maximum Gasteiger partial charge on any atom is 0.323 e. The van der Waals surface area contributed by atoms with Crippen LogP contribution in [0.25, 0.3) is 5.69 Å². The molecule has 0 saturated heterocycles. The fourth-order valence-electron chi connectivity index (χ4n) is 1.98. The Labute approximate surface area is 117 Å². The van der Waals surface area contributed by atoms with Gasteiger partial charge in [0.25, 0.3) is 5.91 Å². The van der Waals surface area contributed by atoms with Crippen molar-refractivity contribution in [3.63, 3.8) is 0 Å². The lowest BCUT2D eigenvalue weighted by molar-refractivity contribution is -0.137. The van der Waals surface area contributed by atoms with Crippen molar-refractivity contribution in [3.8, 4) is 5.69 Å². The topological polar surface area (TPSA) is 62.5 Å². The largest absolute Gasteiger partial charge is 0.480 e. The van der Waals surface area contributed by atoms with E-state index in [1.165, 1.54) is 4.90 Å². The van der Waals surface area contributed by atoms with Crippen molar-refractivity contribution < 1.29 is 14.7 Å². The summed E-state index contributed by atoms with van der Waals surface area (Å²) < 4.78 is 1.89. The number of aliphatic carboxylic acids is 1. The van der Waals surface area contributed by atoms with Crippen LogP contribution in [0.15, 0.2) is 48.8 Å². The highest BCUT2D eigenvalue weighted by Crippen LogP contribution is 2.13. The van der Waals surface area contributed by atoms with E-state index < -0.39 is 5.97 Å². The lowest BCUT2D eigenvalue weighted by atomic mass is 10.1. The van der Waals surface area contributed by atoms with Crippen LogP contribution in [0.2, 0.25) is 0 Å². The molecule has 2 aromatic rings. The van der Waals surface area contributed by atoms with Gasteiger partial charge in [0.2, 0.25) is 0 Å². The first-order chi connectivity index (χ1) is 9.61. The second-order valence-corrected chi connectivity index (χ2v) is 4.35. The molecule has 0 saturated carbocycles. The Morgan fingerprint density at radius 3 is 2.50 bits per heavy atom. The van der Waals surface area contributed by atoms with Crippen LogP contribution >= 0.6 is 0 Å². The Morgan fingerprint density at radius 1 is 1.20 bits per heavy atom. The summed E-state index contributed by atoms with van der Waals surface area (Å²) in [6.07, 6.45) is 3.77. The standard InChI is InChI=1S/C15H16N2O3/c1-2-16(11-14(18)19)15(20)12-6-5-7-13(10-12)17-8-3-4-9-17/h3-10H,2,11H2,1H3,(H,18,19). The molecule has 1 amide bonds. The number of amides is 1. The number of aromatic nitrogens is 1. The summed E-state index contributed by atoms with van der Waals surface area (Å²) >= 11 is 0. The highest BCUT2D eigenvalue weighted by Gasteiger charge is 2.17. The van der Waals surface area contributed by atoms with Crippen molar-refractivity contribution in [3.05, 3.63) is 54.4 Å². The minimum absolute atomic E-state index is 0.274. The van der Waals surface area contributed by atoms with Crippen molar-refractivity contribution >= 4 is 11.9 Å². The number of carbonyl (C=O) groups is 2. The Hall–Kier alpha value is -2.56. The molecule has 1 heterocycles. The van der Waals surface area contributed by atoms with Gasteiger partial charge >= 0.3 is 5.97 Å². The zero-order valence-corrected chi connectivity index (χ0v) is 11.2. The molecule has 0 aliphatic carbocycles. The minimum Gasteiger partial charge on any atom is -0.480 e. The second-order valence-electron chi connectivity index (χ2n) is 4.35. The van der Waals surface area contributed by atoms with Crippen LogP contribution in [-0.2, 0) is 4.79 Å². The number of carboxylic acid groups (broad SMARTS) is 1. The summed E-state index contributed by atoms with van der Waals surface area (Å²) in [4.78, 5) is 24.3. The van der Waals surface area contributed by atoms with Crippen LogP contribution in [0, 0.1) is 0 Å². The summed E-state index contributed by atoms with van der Waals surface area (Å²) in [5, 5.41) is 8.82. The lowest BCUT2D eigenvalue weighted by Crippen LogP contribution is -2.35. The van der Waals surface area contributed by atoms with Crippen molar-refractivity contribution in [2.24, 2.45) is 0 Å². The van der Waals surface area contributed by atoms with Crippen LogP contribution in [0.1, 0.15) is 17.3 Å². The zero-order valence-electron chi connectivity index (χ0n) is 11.2. The van der Waals surface area contributed by atoms with Crippen LogP contribution in [-0.4, -0.2) is 39.5 Å². The fourth-order valence-corrected chi connectivity index (χ4v) is 1.98. The molecule has 0 fully saturated rings. The molecular weight excluding hydrogens is 256 g/mol. The summed E-state index contributed by atoms with van der Waals surface area (Å²) in [5.41, 5.74) is 1.35. The quantitative estimate of drug-likeness (QED) is 0.905. The first-order valence-electron chi connectivity index (χ1n) is 6.36. The number of hydrogen-bond donors (Lipinski definition) is 1. The normalized spacial score (nSPS) is 10.2. The SMILES string of the molecule is CCN(CC(=O)O)C(=O)c1cccc(-n2cccc2)c1. The van der Waals surface area contributed by atoms with Gasteiger partial charge in [0, 0.05) is 30.2 Å². The van der Waals surface area contributed by atoms with Crippen molar-refractivity contribution in [2.45, 2.75) is 6.92 Å². The fraction of sp³-hybridized carbons (Fsp3) is 0.200. The summed E-state index contributed by atoms with van der Waals surface area (Å²) in [6.45, 7) is 1.83. The van der Waals surface area contributed by atoms with Crippen LogP contribution in [0.3, 0.4) is 0 Å². The van der Waals surface area contributed by atoms with E-state index in [2.05, 4.69) is 0 Å². The van der Waals surface area contributed by atoms with E-state index in [1.807, 2.05) is 35.2 Å². The van der Waals surface area contributed by atoms with Crippen LogP contribution in [0.4, 0.5) is 0 Å². The average Bonchev–Trinajstić information content (AvgIpc) is 2.98. The minimum atomic E-state index is -1.01. The zero-order chi connectivity index (χ0) is 14.5. The smallest absolute Gasteiger partial charge is 0.323 e. The maximum atomic E-state index is 12.3. The Morgan fingerprint density at radius 2 is 1.90 bits per heavy atom. The second kappa shape index (κ2) is 6.06. The third-order valence-electron chi connectivity index (χ3n) is 2.99. The number of likely N-dealkylation sites (N-methyl/N-ethyl adjacent to an activating group) is 1. The maximum absolute atomic E-state index is 12.3. The lowest BCUT2D eigenvalue weighted by Gasteiger charge is -2.19. The van der Waals surface area contributed by atoms with E-state index in [0.29, 0.717) is 12.1 Å². The van der Waals surface area contributed by atoms with Gasteiger partial charge < -0.3 is 14.6 Å². The van der Waals surface area contributed by atoms with Crippen LogP contribution < -0.4 is 0 Å². The predicted octanol–water partition coefficient (Wildman–Crippen LogP) is 2.02. The number of hydrogen-bond acceptors (Lipinski definition) is 2. The van der Waals surface area contributed by atoms with Gasteiger partial charge in [0.1, 0.15) is 6.54 Å². The molecule has 0 atom stereocenters. The van der Waals surface area contributed by atoms with Gasteiger partial charge in [-0.3, -0.25) is 9.59 Å². The van der Waals surface area contributed by atoms with E-state index in [1.54, 1.807) is 25.1 Å². The van der Waals surface area contributed by atoms with Crippen molar-refractivity contribution in [1.29, 1.82) is 0 Å². The van der Waals surface area contributed by atoms with Gasteiger partial charge in [0.05, 0.1) is 0 Å². The molecule has 1 N–H and O–H groups in total. The molecule has 0 aliphatic heterocycles. The van der Waals surface area contributed by atoms with E-state index in [9.17, 15) is 9.59 Å². The molecule has 0 aliphatic rings. The van der Waals surface area contributed by atoms with Gasteiger partial charge in [-0.25, -0.2) is 0 Å². The summed E-state index contributed by atoms with van der Waals surface area (Å²) in [5.74, 6) is -1.29. The number of nitrogens with zero attached hydrogens (tertiary/aromatic N) is 2. The first-order valence-corrected chi connectivity index (χ1v) is 6.36. The Balaban J connectivity index is 2.26. The number of carbonyl (C=O) groups excluding carboxylic acids is 1. The molecule has 1 aromatic carbocycles. The third kappa shape index (κ3) is 3.06. The van der Waals surface area contributed by atoms with Crippen molar-refractivity contribution in [2.75, 3.05) is 13.1 Å². The van der Waals surface area contributed by atoms with Crippen molar-refractivity contribution in [1.82, 2.24) is 9.47 Å². The molecule has 5 nitrogen and oxygen atoms in total. The van der Waals surface area contributed by atoms with Gasteiger partial charge in [-0.2, -0.15) is 0 Å². The van der Waals surface area contributed by atoms with Gasteiger partial charge in [-0.1, -0.05) is 6.07 Å². The monoisotopic (exact) mass is 272 g/mol. The van der Waals surface area contributed by atoms with Crippen LogP contribution in [0.5, 0.6) is 0 Å². The van der Waals surface area contributed by atoms with E-state index in [0.717, 1.165) is 5.69 Å². The van der Waals surface area contributed by atoms with Gasteiger partial charge in [-0.15, -0.1) is 0 Å². The molecule has 1 aromatic heterocycles. The summed E-state index contributed by atoms with van der Waals surface area (Å²) in [6, 6.07) is 10.9. The number of carboxylic acids is 1. The van der Waals surface area contributed by atoms with E-state index in [4.69, 9.17) is 5.11 Å². The average molecular weight is 272 g/mol. The Kier molecular flexibility index (Phi) is 4.20. The highest BCUT2D eigenvalue weighted by molar-refractivity contribution is 5.96. The molecule has 5 heteroatoms. The molecule has 2 rings (SSSR count). The predicted molar refractivity (Wildman–Crippen MR) is 75.0 cm³/mol. The summed E-state index contributed by atoms with van der Waals surface area (Å²) in [7, 11) is 0. The number of rotatable bonds is 5. The Bertz CT molecular complexity index is 605. The number of benzene rings is 1. The molecule has 0 bridgehead atoms. The molecular formula is C15H16N2O3. The van der Waals surface area contributed by atoms with Gasteiger partial charge in [0.15, 0.2) is 0 Å². The molecule has 104 valence electrons. The van der Waals surface area contributed by atoms with E-state index in [-0.39, 0.29) is 12.5 Å². The first kappa shape index (κ1) is 13.9. The van der Waals surface area contributed by atoms with E-state index >= 15 is 0 Å². The highest BCUT2D eigenvalue weighted by atomic mass is 16.4.